The first-order valence-corrected chi connectivity index (χ1v) is 11.9. The summed E-state index contributed by atoms with van der Waals surface area (Å²) in [6, 6.07) is 5.77. The molecule has 4 nitrogen and oxygen atoms in total. The summed E-state index contributed by atoms with van der Waals surface area (Å²) < 4.78 is 41.6. The Balaban J connectivity index is 2.58. The van der Waals surface area contributed by atoms with Crippen LogP contribution in [-0.2, 0) is 0 Å². The van der Waals surface area contributed by atoms with Gasteiger partial charge in [0.15, 0.2) is 0 Å². The smallest absolute Gasteiger partial charge is 0.406 e. The average molecular weight is 479 g/mol. The van der Waals surface area contributed by atoms with Crippen molar-refractivity contribution in [3.8, 4) is 5.75 Å². The molecule has 1 fully saturated rings. The fourth-order valence-electron chi connectivity index (χ4n) is 4.12. The number of β-amino-alcohol motifs (C(OH)–C–C–N with tert-alkyl or cyclic N) is 1. The zero-order chi connectivity index (χ0) is 25.3. The number of hydrogen-bond acceptors (Lipinski definition) is 4. The largest absolute Gasteiger partial charge is 0.573 e. The molecule has 0 radical (unpaired) electrons. The van der Waals surface area contributed by atoms with Gasteiger partial charge in [0, 0.05) is 35.7 Å². The Morgan fingerprint density at radius 1 is 1.21 bits per heavy atom. The molecule has 2 rings (SSSR count). The summed E-state index contributed by atoms with van der Waals surface area (Å²) >= 11 is 0. The van der Waals surface area contributed by atoms with Gasteiger partial charge in [-0.2, -0.15) is 0 Å². The molecule has 0 aromatic heterocycles. The highest BCUT2D eigenvalue weighted by Gasteiger charge is 2.31. The molecular weight excluding hydrogens is 441 g/mol. The van der Waals surface area contributed by atoms with E-state index in [9.17, 15) is 18.3 Å². The molecule has 7 heteroatoms. The van der Waals surface area contributed by atoms with Crippen LogP contribution in [0.4, 0.5) is 18.9 Å². The first-order chi connectivity index (χ1) is 16.1. The van der Waals surface area contributed by atoms with Gasteiger partial charge < -0.3 is 20.1 Å². The van der Waals surface area contributed by atoms with E-state index in [0.29, 0.717) is 12.2 Å². The van der Waals surface area contributed by atoms with Crippen LogP contribution >= 0.6 is 0 Å². The van der Waals surface area contributed by atoms with Crippen molar-refractivity contribution in [3.05, 3.63) is 70.6 Å². The van der Waals surface area contributed by atoms with E-state index in [-0.39, 0.29) is 11.9 Å². The number of aliphatic hydroxyl groups excluding tert-OH is 1. The third-order valence-corrected chi connectivity index (χ3v) is 5.58. The van der Waals surface area contributed by atoms with Gasteiger partial charge in [0.2, 0.25) is 0 Å². The Labute approximate surface area is 201 Å². The van der Waals surface area contributed by atoms with Crippen molar-refractivity contribution in [2.75, 3.05) is 18.4 Å². The SMILES string of the molecule is C\C=C/C(=C(C(Nc1ccc(OC(F)(F)F)cc1)=C(C)C)/C(=C/CC)CC)N1CCCC(O)C1. The molecule has 0 bridgehead atoms. The number of ether oxygens (including phenoxy) is 1. The van der Waals surface area contributed by atoms with E-state index in [1.807, 2.05) is 26.8 Å². The molecular formula is C27H37F3N2O2. The maximum atomic E-state index is 12.5. The van der Waals surface area contributed by atoms with E-state index in [1.165, 1.54) is 17.7 Å². The van der Waals surface area contributed by atoms with Crippen LogP contribution in [-0.4, -0.2) is 35.6 Å². The summed E-state index contributed by atoms with van der Waals surface area (Å²) in [6.07, 6.45) is 4.59. The number of allylic oxidation sites excluding steroid dienone is 5. The summed E-state index contributed by atoms with van der Waals surface area (Å²) in [6.45, 7) is 11.6. The molecule has 1 aromatic rings. The second kappa shape index (κ2) is 12.7. The van der Waals surface area contributed by atoms with E-state index < -0.39 is 6.36 Å². The molecule has 1 atom stereocenters. The Bertz CT molecular complexity index is 924. The van der Waals surface area contributed by atoms with Crippen molar-refractivity contribution in [2.24, 2.45) is 0 Å². The molecule has 0 spiro atoms. The summed E-state index contributed by atoms with van der Waals surface area (Å²) in [5.74, 6) is -0.260. The highest BCUT2D eigenvalue weighted by atomic mass is 19.4. The lowest BCUT2D eigenvalue weighted by molar-refractivity contribution is -0.274. The topological polar surface area (TPSA) is 44.7 Å². The summed E-state index contributed by atoms with van der Waals surface area (Å²) in [7, 11) is 0. The predicted octanol–water partition coefficient (Wildman–Crippen LogP) is 7.32. The Morgan fingerprint density at radius 3 is 2.38 bits per heavy atom. The molecule has 0 saturated carbocycles. The van der Waals surface area contributed by atoms with E-state index in [4.69, 9.17) is 0 Å². The number of anilines is 1. The summed E-state index contributed by atoms with van der Waals surface area (Å²) in [5.41, 5.74) is 5.86. The fraction of sp³-hybridized carbons (Fsp3) is 0.481. The second-order valence-electron chi connectivity index (χ2n) is 8.57. The first kappa shape index (κ1) is 27.6. The molecule has 1 saturated heterocycles. The van der Waals surface area contributed by atoms with E-state index >= 15 is 0 Å². The number of nitrogens with one attached hydrogen (secondary N) is 1. The standard InChI is InChI=1S/C27H37F3N2O2/c1-6-10-20(8-3)25(24(11-7-2)32-17-9-12-22(33)18-32)26(19(4)5)31-21-13-15-23(16-14-21)34-27(28,29)30/h7,10-11,13-16,22,31,33H,6,8-9,12,17-18H2,1-5H3/b11-7-,20-10+,25-24+. The minimum atomic E-state index is -4.72. The van der Waals surface area contributed by atoms with Gasteiger partial charge in [-0.15, -0.1) is 13.2 Å². The zero-order valence-corrected chi connectivity index (χ0v) is 20.8. The van der Waals surface area contributed by atoms with Crippen molar-refractivity contribution in [1.82, 2.24) is 4.90 Å². The zero-order valence-electron chi connectivity index (χ0n) is 20.8. The van der Waals surface area contributed by atoms with Crippen LogP contribution in [0.5, 0.6) is 5.75 Å². The lowest BCUT2D eigenvalue weighted by Gasteiger charge is -2.35. The number of nitrogens with zero attached hydrogens (tertiary/aromatic N) is 1. The van der Waals surface area contributed by atoms with Gasteiger partial charge >= 0.3 is 6.36 Å². The van der Waals surface area contributed by atoms with Gasteiger partial charge in [0.1, 0.15) is 5.75 Å². The second-order valence-corrected chi connectivity index (χ2v) is 8.57. The fourth-order valence-corrected chi connectivity index (χ4v) is 4.12. The van der Waals surface area contributed by atoms with Gasteiger partial charge in [-0.05, 0) is 82.4 Å². The lowest BCUT2D eigenvalue weighted by atomic mass is 9.92. The monoisotopic (exact) mass is 478 g/mol. The van der Waals surface area contributed by atoms with Crippen LogP contribution in [0.1, 0.15) is 60.3 Å². The van der Waals surface area contributed by atoms with Crippen LogP contribution in [0.2, 0.25) is 0 Å². The molecule has 1 heterocycles. The minimum absolute atomic E-state index is 0.260. The minimum Gasteiger partial charge on any atom is -0.406 e. The number of benzene rings is 1. The maximum Gasteiger partial charge on any atom is 0.573 e. The Hall–Kier alpha value is -2.67. The van der Waals surface area contributed by atoms with Gasteiger partial charge in [0.25, 0.3) is 0 Å². The average Bonchev–Trinajstić information content (AvgIpc) is 2.77. The van der Waals surface area contributed by atoms with Gasteiger partial charge in [-0.25, -0.2) is 0 Å². The van der Waals surface area contributed by atoms with Gasteiger partial charge in [0.05, 0.1) is 6.10 Å². The number of rotatable bonds is 9. The highest BCUT2D eigenvalue weighted by molar-refractivity contribution is 5.62. The summed E-state index contributed by atoms with van der Waals surface area (Å²) in [4.78, 5) is 2.23. The van der Waals surface area contributed by atoms with Crippen molar-refractivity contribution >= 4 is 5.69 Å². The number of likely N-dealkylation sites (tertiary alicyclic amines) is 1. The molecule has 0 aliphatic carbocycles. The van der Waals surface area contributed by atoms with Gasteiger partial charge in [-0.3, -0.25) is 0 Å². The van der Waals surface area contributed by atoms with Crippen molar-refractivity contribution in [2.45, 2.75) is 72.8 Å². The first-order valence-electron chi connectivity index (χ1n) is 11.9. The van der Waals surface area contributed by atoms with Crippen molar-refractivity contribution < 1.29 is 23.0 Å². The lowest BCUT2D eigenvalue weighted by Crippen LogP contribution is -2.38. The van der Waals surface area contributed by atoms with E-state index in [2.05, 4.69) is 41.0 Å². The van der Waals surface area contributed by atoms with Crippen LogP contribution in [0.15, 0.2) is 70.6 Å². The number of piperidine rings is 1. The maximum absolute atomic E-state index is 12.5. The van der Waals surface area contributed by atoms with Crippen LogP contribution in [0.3, 0.4) is 0 Å². The number of hydrogen-bond donors (Lipinski definition) is 2. The molecule has 188 valence electrons. The van der Waals surface area contributed by atoms with Crippen LogP contribution in [0.25, 0.3) is 0 Å². The molecule has 34 heavy (non-hydrogen) atoms. The molecule has 0 amide bonds. The Kier molecular flexibility index (Phi) is 10.3. The molecule has 1 aliphatic rings. The van der Waals surface area contributed by atoms with Crippen LogP contribution in [0, 0.1) is 0 Å². The number of alkyl halides is 3. The van der Waals surface area contributed by atoms with E-state index in [1.54, 1.807) is 12.1 Å². The van der Waals surface area contributed by atoms with Crippen molar-refractivity contribution in [1.29, 1.82) is 0 Å². The summed E-state index contributed by atoms with van der Waals surface area (Å²) in [5, 5.41) is 13.8. The number of halogens is 3. The highest BCUT2D eigenvalue weighted by Crippen LogP contribution is 2.34. The third kappa shape index (κ3) is 7.97. The predicted molar refractivity (Wildman–Crippen MR) is 132 cm³/mol. The van der Waals surface area contributed by atoms with Crippen LogP contribution < -0.4 is 10.1 Å². The van der Waals surface area contributed by atoms with Gasteiger partial charge in [-0.1, -0.05) is 31.6 Å². The molecule has 1 unspecified atom stereocenters. The molecule has 2 N–H and O–H groups in total. The quantitative estimate of drug-likeness (QED) is 0.365. The number of aliphatic hydroxyl groups is 1. The van der Waals surface area contributed by atoms with E-state index in [0.717, 1.165) is 54.8 Å². The normalized spacial score (nSPS) is 18.1. The third-order valence-electron chi connectivity index (χ3n) is 5.58. The molecule has 1 aliphatic heterocycles. The van der Waals surface area contributed by atoms with Crippen molar-refractivity contribution in [3.63, 3.8) is 0 Å². The molecule has 1 aromatic carbocycles. The Morgan fingerprint density at radius 2 is 1.88 bits per heavy atom.